The van der Waals surface area contributed by atoms with E-state index < -0.39 is 34.3 Å². The molecule has 1 atom stereocenters. The first-order chi connectivity index (χ1) is 9.41. The van der Waals surface area contributed by atoms with Crippen LogP contribution in [0, 0.1) is 15.9 Å². The Balaban J connectivity index is 2.27. The van der Waals surface area contributed by atoms with Gasteiger partial charge in [-0.1, -0.05) is 0 Å². The van der Waals surface area contributed by atoms with Crippen LogP contribution in [0.3, 0.4) is 0 Å². The van der Waals surface area contributed by atoms with Gasteiger partial charge in [-0.05, 0) is 25.0 Å². The third-order valence-electron chi connectivity index (χ3n) is 3.19. The summed E-state index contributed by atoms with van der Waals surface area (Å²) in [4.78, 5) is 33.9. The number of carboxylic acids is 1. The van der Waals surface area contributed by atoms with Crippen LogP contribution in [0.2, 0.25) is 0 Å². The van der Waals surface area contributed by atoms with Crippen molar-refractivity contribution in [2.45, 2.75) is 18.9 Å². The quantitative estimate of drug-likeness (QED) is 0.667. The Labute approximate surface area is 112 Å². The number of carboxylic acid groups (broad SMARTS) is 1. The van der Waals surface area contributed by atoms with E-state index in [4.69, 9.17) is 5.11 Å². The molecular weight excluding hydrogens is 271 g/mol. The minimum Gasteiger partial charge on any atom is -0.480 e. The van der Waals surface area contributed by atoms with Crippen LogP contribution in [0.1, 0.15) is 23.2 Å². The summed E-state index contributed by atoms with van der Waals surface area (Å²) in [5, 5.41) is 19.5. The Bertz CT molecular complexity index is 589. The van der Waals surface area contributed by atoms with Gasteiger partial charge in [-0.3, -0.25) is 14.9 Å². The molecule has 8 heteroatoms. The highest BCUT2D eigenvalue weighted by Gasteiger charge is 2.34. The van der Waals surface area contributed by atoms with Gasteiger partial charge in [-0.15, -0.1) is 0 Å². The first-order valence-electron chi connectivity index (χ1n) is 5.89. The van der Waals surface area contributed by atoms with Crippen LogP contribution in [0.15, 0.2) is 18.2 Å². The van der Waals surface area contributed by atoms with Gasteiger partial charge in [-0.25, -0.2) is 4.79 Å². The lowest BCUT2D eigenvalue weighted by atomic mass is 10.1. The second-order valence-corrected chi connectivity index (χ2v) is 4.42. The zero-order valence-corrected chi connectivity index (χ0v) is 10.3. The number of likely N-dealkylation sites (tertiary alicyclic amines) is 1. The number of amides is 1. The van der Waals surface area contributed by atoms with Crippen molar-refractivity contribution in [1.82, 2.24) is 4.90 Å². The smallest absolute Gasteiger partial charge is 0.326 e. The molecule has 0 aliphatic carbocycles. The van der Waals surface area contributed by atoms with Crippen LogP contribution in [-0.4, -0.2) is 39.4 Å². The summed E-state index contributed by atoms with van der Waals surface area (Å²) in [6, 6.07) is 1.85. The van der Waals surface area contributed by atoms with Crippen LogP contribution < -0.4 is 0 Å². The summed E-state index contributed by atoms with van der Waals surface area (Å²) in [7, 11) is 0. The van der Waals surface area contributed by atoms with E-state index in [-0.39, 0.29) is 12.1 Å². The molecule has 1 saturated heterocycles. The van der Waals surface area contributed by atoms with E-state index in [1.54, 1.807) is 0 Å². The van der Waals surface area contributed by atoms with Crippen molar-refractivity contribution in [3.05, 3.63) is 39.7 Å². The van der Waals surface area contributed by atoms with Gasteiger partial charge < -0.3 is 10.0 Å². The fraction of sp³-hybridized carbons (Fsp3) is 0.333. The maximum Gasteiger partial charge on any atom is 0.326 e. The number of benzene rings is 1. The molecule has 1 aromatic carbocycles. The van der Waals surface area contributed by atoms with Crippen LogP contribution >= 0.6 is 0 Å². The van der Waals surface area contributed by atoms with E-state index in [0.717, 1.165) is 23.1 Å². The number of aliphatic carboxylic acids is 1. The average molecular weight is 282 g/mol. The second kappa shape index (κ2) is 5.24. The summed E-state index contributed by atoms with van der Waals surface area (Å²) in [6.45, 7) is 0.272. The number of nitrogens with zero attached hydrogens (tertiary/aromatic N) is 2. The summed E-state index contributed by atoms with van der Waals surface area (Å²) < 4.78 is 13.5. The molecule has 1 aliphatic rings. The van der Waals surface area contributed by atoms with Crippen molar-refractivity contribution in [1.29, 1.82) is 0 Å². The Morgan fingerprint density at radius 3 is 2.70 bits per heavy atom. The third-order valence-corrected chi connectivity index (χ3v) is 3.19. The van der Waals surface area contributed by atoms with E-state index in [0.29, 0.717) is 12.8 Å². The highest BCUT2D eigenvalue weighted by atomic mass is 19.1. The fourth-order valence-electron chi connectivity index (χ4n) is 2.22. The van der Waals surface area contributed by atoms with Crippen molar-refractivity contribution >= 4 is 17.6 Å². The summed E-state index contributed by atoms with van der Waals surface area (Å²) >= 11 is 0. The first-order valence-corrected chi connectivity index (χ1v) is 5.89. The molecule has 0 bridgehead atoms. The molecule has 0 saturated carbocycles. The normalized spacial score (nSPS) is 18.1. The van der Waals surface area contributed by atoms with Crippen LogP contribution in [0.4, 0.5) is 10.1 Å². The lowest BCUT2D eigenvalue weighted by Gasteiger charge is -2.21. The van der Waals surface area contributed by atoms with E-state index in [1.165, 1.54) is 0 Å². The molecule has 0 aromatic heterocycles. The van der Waals surface area contributed by atoms with Gasteiger partial charge in [0.05, 0.1) is 4.92 Å². The molecular formula is C12H11FN2O5. The molecule has 1 aromatic rings. The van der Waals surface area contributed by atoms with Gasteiger partial charge in [-0.2, -0.15) is 4.39 Å². The highest BCUT2D eigenvalue weighted by Crippen LogP contribution is 2.23. The predicted molar refractivity (Wildman–Crippen MR) is 64.7 cm³/mol. The van der Waals surface area contributed by atoms with E-state index in [1.807, 2.05) is 0 Å². The van der Waals surface area contributed by atoms with Gasteiger partial charge in [0.2, 0.25) is 5.82 Å². The SMILES string of the molecule is O=C(O)C1CCCN1C(=O)c1ccc([N+](=O)[O-])c(F)c1. The number of carbonyl (C=O) groups excluding carboxylic acids is 1. The number of hydrogen-bond acceptors (Lipinski definition) is 4. The Kier molecular flexibility index (Phi) is 3.64. The van der Waals surface area contributed by atoms with Crippen molar-refractivity contribution in [3.63, 3.8) is 0 Å². The van der Waals surface area contributed by atoms with E-state index >= 15 is 0 Å². The average Bonchev–Trinajstić information content (AvgIpc) is 2.86. The van der Waals surface area contributed by atoms with Crippen molar-refractivity contribution in [2.75, 3.05) is 6.54 Å². The molecule has 1 amide bonds. The summed E-state index contributed by atoms with van der Waals surface area (Å²) in [5.74, 6) is -2.87. The third kappa shape index (κ3) is 2.44. The molecule has 1 aliphatic heterocycles. The maximum absolute atomic E-state index is 13.5. The van der Waals surface area contributed by atoms with Gasteiger partial charge in [0.25, 0.3) is 5.91 Å². The van der Waals surface area contributed by atoms with Gasteiger partial charge in [0, 0.05) is 18.2 Å². The zero-order valence-electron chi connectivity index (χ0n) is 10.3. The number of nitro groups is 1. The number of carbonyl (C=O) groups is 2. The maximum atomic E-state index is 13.5. The van der Waals surface area contributed by atoms with Gasteiger partial charge in [0.15, 0.2) is 0 Å². The Hall–Kier alpha value is -2.51. The molecule has 1 unspecified atom stereocenters. The number of rotatable bonds is 3. The standard InChI is InChI=1S/C12H11FN2O5/c13-8-6-7(3-4-9(8)15(19)20)11(16)14-5-1-2-10(14)12(17)18/h3-4,6,10H,1-2,5H2,(H,17,18). The topological polar surface area (TPSA) is 101 Å². The monoisotopic (exact) mass is 282 g/mol. The predicted octanol–water partition coefficient (Wildman–Crippen LogP) is 1.42. The van der Waals surface area contributed by atoms with Crippen LogP contribution in [0.25, 0.3) is 0 Å². The summed E-state index contributed by atoms with van der Waals surface area (Å²) in [5.41, 5.74) is -0.820. The molecule has 1 N–H and O–H groups in total. The number of halogens is 1. The van der Waals surface area contributed by atoms with Crippen LogP contribution in [0.5, 0.6) is 0 Å². The van der Waals surface area contributed by atoms with Crippen molar-refractivity contribution in [2.24, 2.45) is 0 Å². The largest absolute Gasteiger partial charge is 0.480 e. The van der Waals surface area contributed by atoms with E-state index in [9.17, 15) is 24.1 Å². The molecule has 1 fully saturated rings. The molecule has 0 radical (unpaired) electrons. The lowest BCUT2D eigenvalue weighted by Crippen LogP contribution is -2.40. The zero-order chi connectivity index (χ0) is 14.9. The molecule has 0 spiro atoms. The Morgan fingerprint density at radius 1 is 1.45 bits per heavy atom. The van der Waals surface area contributed by atoms with Crippen LogP contribution in [-0.2, 0) is 4.79 Å². The molecule has 106 valence electrons. The van der Waals surface area contributed by atoms with Gasteiger partial charge in [0.1, 0.15) is 6.04 Å². The van der Waals surface area contributed by atoms with Crippen molar-refractivity contribution in [3.8, 4) is 0 Å². The fourth-order valence-corrected chi connectivity index (χ4v) is 2.22. The minimum atomic E-state index is -1.12. The number of nitro benzene ring substituents is 1. The Morgan fingerprint density at radius 2 is 2.15 bits per heavy atom. The number of hydrogen-bond donors (Lipinski definition) is 1. The van der Waals surface area contributed by atoms with E-state index in [2.05, 4.69) is 0 Å². The summed E-state index contributed by atoms with van der Waals surface area (Å²) in [6.07, 6.45) is 0.898. The first kappa shape index (κ1) is 13.9. The van der Waals surface area contributed by atoms with Crippen molar-refractivity contribution < 1.29 is 24.0 Å². The minimum absolute atomic E-state index is 0.0961. The molecule has 7 nitrogen and oxygen atoms in total. The second-order valence-electron chi connectivity index (χ2n) is 4.42. The molecule has 2 rings (SSSR count). The van der Waals surface area contributed by atoms with Gasteiger partial charge >= 0.3 is 11.7 Å². The lowest BCUT2D eigenvalue weighted by molar-refractivity contribution is -0.387. The molecule has 20 heavy (non-hydrogen) atoms. The molecule has 1 heterocycles. The highest BCUT2D eigenvalue weighted by molar-refractivity contribution is 5.97.